The van der Waals surface area contributed by atoms with Crippen LogP contribution in [0.4, 0.5) is 0 Å². The molecule has 106 valence electrons. The topological polar surface area (TPSA) is 26.0 Å². The smallest absolute Gasteiger partial charge is 0.0131 e. The number of rotatable bonds is 8. The Labute approximate surface area is 114 Å². The molecule has 0 aromatic heterocycles. The van der Waals surface area contributed by atoms with E-state index in [4.69, 9.17) is 5.73 Å². The minimum absolute atomic E-state index is 0.0266. The quantitative estimate of drug-likeness (QED) is 0.488. The molecule has 0 radical (unpaired) electrons. The largest absolute Gasteiger partial charge is 0.325 e. The first-order valence-electron chi connectivity index (χ1n) is 7.75. The molecule has 0 heterocycles. The van der Waals surface area contributed by atoms with Crippen molar-refractivity contribution in [3.05, 3.63) is 12.2 Å². The average molecular weight is 251 g/mol. The van der Waals surface area contributed by atoms with Crippen LogP contribution in [-0.2, 0) is 0 Å². The molecule has 0 aromatic rings. The Morgan fingerprint density at radius 1 is 1.28 bits per heavy atom. The summed E-state index contributed by atoms with van der Waals surface area (Å²) in [5, 5.41) is 0. The number of nitrogens with two attached hydrogens (primary N) is 1. The van der Waals surface area contributed by atoms with E-state index in [-0.39, 0.29) is 5.54 Å². The van der Waals surface area contributed by atoms with E-state index in [1.165, 1.54) is 37.7 Å². The third-order valence-electron chi connectivity index (χ3n) is 4.77. The summed E-state index contributed by atoms with van der Waals surface area (Å²) in [4.78, 5) is 0. The predicted octanol–water partition coefficient (Wildman–Crippen LogP) is 4.77. The molecule has 1 aliphatic carbocycles. The lowest BCUT2D eigenvalue weighted by Crippen LogP contribution is -2.36. The van der Waals surface area contributed by atoms with Crippen molar-refractivity contribution in [1.29, 1.82) is 0 Å². The molecule has 2 N–H and O–H groups in total. The van der Waals surface area contributed by atoms with Crippen molar-refractivity contribution in [2.45, 2.75) is 72.3 Å². The van der Waals surface area contributed by atoms with Crippen molar-refractivity contribution < 1.29 is 0 Å². The molecule has 1 saturated carbocycles. The number of unbranched alkanes of at least 4 members (excludes halogenated alkanes) is 3. The monoisotopic (exact) mass is 251 g/mol. The van der Waals surface area contributed by atoms with E-state index in [9.17, 15) is 0 Å². The molecule has 4 atom stereocenters. The van der Waals surface area contributed by atoms with Crippen LogP contribution < -0.4 is 5.73 Å². The van der Waals surface area contributed by atoms with Gasteiger partial charge >= 0.3 is 0 Å². The molecule has 1 rings (SSSR count). The fourth-order valence-electron chi connectivity index (χ4n) is 3.84. The van der Waals surface area contributed by atoms with Gasteiger partial charge < -0.3 is 5.73 Å². The van der Waals surface area contributed by atoms with Crippen LogP contribution >= 0.6 is 0 Å². The van der Waals surface area contributed by atoms with Gasteiger partial charge in [0.25, 0.3) is 0 Å². The van der Waals surface area contributed by atoms with Crippen LogP contribution in [0.3, 0.4) is 0 Å². The fourth-order valence-corrected chi connectivity index (χ4v) is 3.84. The molecule has 0 amide bonds. The number of hydrogen-bond donors (Lipinski definition) is 1. The van der Waals surface area contributed by atoms with Crippen molar-refractivity contribution in [3.8, 4) is 0 Å². The van der Waals surface area contributed by atoms with E-state index >= 15 is 0 Å². The third kappa shape index (κ3) is 3.85. The maximum absolute atomic E-state index is 6.31. The number of allylic oxidation sites excluding steroid dienone is 1. The van der Waals surface area contributed by atoms with Crippen molar-refractivity contribution in [3.63, 3.8) is 0 Å². The van der Waals surface area contributed by atoms with Crippen LogP contribution in [0.2, 0.25) is 0 Å². The van der Waals surface area contributed by atoms with Crippen molar-refractivity contribution in [2.24, 2.45) is 29.4 Å². The van der Waals surface area contributed by atoms with Gasteiger partial charge in [-0.25, -0.2) is 0 Å². The molecule has 0 aromatic carbocycles. The van der Waals surface area contributed by atoms with Gasteiger partial charge in [0.1, 0.15) is 0 Å². The lowest BCUT2D eigenvalue weighted by atomic mass is 9.86. The Morgan fingerprint density at radius 2 is 1.89 bits per heavy atom. The minimum atomic E-state index is -0.0266. The summed E-state index contributed by atoms with van der Waals surface area (Å²) in [7, 11) is 0. The Balaban J connectivity index is 2.51. The molecule has 1 heteroatoms. The summed E-state index contributed by atoms with van der Waals surface area (Å²) in [5.41, 5.74) is 7.65. The molecular weight excluding hydrogens is 218 g/mol. The SMILES string of the molecule is C=C(C)[C@H](CCCCCC)[C@@H]1C(C)[C@@H]1C(C)(C)N. The van der Waals surface area contributed by atoms with Crippen molar-refractivity contribution in [1.82, 2.24) is 0 Å². The Bertz CT molecular complexity index is 274. The van der Waals surface area contributed by atoms with Gasteiger partial charge in [0.05, 0.1) is 0 Å². The van der Waals surface area contributed by atoms with Gasteiger partial charge in [-0.05, 0) is 50.9 Å². The second-order valence-corrected chi connectivity index (χ2v) is 7.09. The van der Waals surface area contributed by atoms with E-state index < -0.39 is 0 Å². The zero-order valence-corrected chi connectivity index (χ0v) is 13.1. The van der Waals surface area contributed by atoms with Crippen LogP contribution in [0.1, 0.15) is 66.7 Å². The summed E-state index contributed by atoms with van der Waals surface area (Å²) < 4.78 is 0. The highest BCUT2D eigenvalue weighted by atomic mass is 14.8. The van der Waals surface area contributed by atoms with E-state index in [1.54, 1.807) is 0 Å². The number of hydrogen-bond acceptors (Lipinski definition) is 1. The fraction of sp³-hybridized carbons (Fsp3) is 0.882. The van der Waals surface area contributed by atoms with Crippen molar-refractivity contribution in [2.75, 3.05) is 0 Å². The summed E-state index contributed by atoms with van der Waals surface area (Å²) in [6.45, 7) is 15.4. The lowest BCUT2D eigenvalue weighted by molar-refractivity contribution is 0.368. The zero-order valence-electron chi connectivity index (χ0n) is 13.1. The van der Waals surface area contributed by atoms with Gasteiger partial charge in [-0.1, -0.05) is 51.7 Å². The minimum Gasteiger partial charge on any atom is -0.325 e. The molecule has 18 heavy (non-hydrogen) atoms. The van der Waals surface area contributed by atoms with Gasteiger partial charge in [-0.15, -0.1) is 0 Å². The molecule has 1 nitrogen and oxygen atoms in total. The molecule has 1 unspecified atom stereocenters. The Morgan fingerprint density at radius 3 is 2.28 bits per heavy atom. The van der Waals surface area contributed by atoms with E-state index in [2.05, 4.69) is 41.2 Å². The maximum atomic E-state index is 6.31. The molecule has 0 bridgehead atoms. The van der Waals surface area contributed by atoms with Gasteiger partial charge in [-0.2, -0.15) is 0 Å². The molecule has 0 saturated heterocycles. The molecule has 1 aliphatic rings. The average Bonchev–Trinajstić information content (AvgIpc) is 2.89. The normalized spacial score (nSPS) is 29.1. The summed E-state index contributed by atoms with van der Waals surface area (Å²) >= 11 is 0. The first-order valence-corrected chi connectivity index (χ1v) is 7.75. The van der Waals surface area contributed by atoms with Gasteiger partial charge in [-0.3, -0.25) is 0 Å². The first kappa shape index (κ1) is 15.8. The highest BCUT2D eigenvalue weighted by Gasteiger charge is 2.56. The van der Waals surface area contributed by atoms with Crippen LogP contribution in [0, 0.1) is 23.7 Å². The predicted molar refractivity (Wildman–Crippen MR) is 81.5 cm³/mol. The van der Waals surface area contributed by atoms with E-state index in [1.807, 2.05) is 0 Å². The summed E-state index contributed by atoms with van der Waals surface area (Å²) in [6.07, 6.45) is 6.73. The Kier molecular flexibility index (Phi) is 5.46. The van der Waals surface area contributed by atoms with Crippen LogP contribution in [0.15, 0.2) is 12.2 Å². The van der Waals surface area contributed by atoms with Crippen LogP contribution in [0.5, 0.6) is 0 Å². The zero-order chi connectivity index (χ0) is 13.9. The van der Waals surface area contributed by atoms with Gasteiger partial charge in [0.15, 0.2) is 0 Å². The van der Waals surface area contributed by atoms with E-state index in [0.717, 1.165) is 11.8 Å². The molecular formula is C17H33N. The standard InChI is InChI=1S/C17H33N/c1-7-8-9-10-11-14(12(2)3)15-13(4)16(15)17(5,6)18/h13-16H,2,7-11,18H2,1,3-6H3/t13?,14-,15-,16-/m0/s1. The third-order valence-corrected chi connectivity index (χ3v) is 4.77. The van der Waals surface area contributed by atoms with Crippen molar-refractivity contribution >= 4 is 0 Å². The van der Waals surface area contributed by atoms with Crippen LogP contribution in [-0.4, -0.2) is 5.54 Å². The summed E-state index contributed by atoms with van der Waals surface area (Å²) in [5.74, 6) is 2.94. The highest BCUT2D eigenvalue weighted by Crippen LogP contribution is 2.57. The maximum Gasteiger partial charge on any atom is 0.0131 e. The second-order valence-electron chi connectivity index (χ2n) is 7.09. The lowest BCUT2D eigenvalue weighted by Gasteiger charge is -2.23. The summed E-state index contributed by atoms with van der Waals surface area (Å²) in [6, 6.07) is 0. The molecule has 0 aliphatic heterocycles. The van der Waals surface area contributed by atoms with Gasteiger partial charge in [0.2, 0.25) is 0 Å². The van der Waals surface area contributed by atoms with E-state index in [0.29, 0.717) is 11.8 Å². The van der Waals surface area contributed by atoms with Gasteiger partial charge in [0, 0.05) is 5.54 Å². The molecule has 1 fully saturated rings. The highest BCUT2D eigenvalue weighted by molar-refractivity contribution is 5.13. The molecule has 0 spiro atoms. The van der Waals surface area contributed by atoms with Crippen LogP contribution in [0.25, 0.3) is 0 Å². The first-order chi connectivity index (χ1) is 8.30. The Hall–Kier alpha value is -0.300. The second kappa shape index (κ2) is 6.23.